The number of hydrogen-bond donors (Lipinski definition) is 2. The summed E-state index contributed by atoms with van der Waals surface area (Å²) in [4.78, 5) is 11.4. The molecule has 0 bridgehead atoms. The van der Waals surface area contributed by atoms with E-state index in [1.807, 2.05) is 5.32 Å². The van der Waals surface area contributed by atoms with E-state index in [-0.39, 0.29) is 0 Å². The van der Waals surface area contributed by atoms with Gasteiger partial charge in [-0.05, 0) is 12.1 Å². The van der Waals surface area contributed by atoms with Gasteiger partial charge in [0.15, 0.2) is 6.29 Å². The third-order valence-electron chi connectivity index (χ3n) is 2.70. The summed E-state index contributed by atoms with van der Waals surface area (Å²) < 4.78 is 46.4. The number of alkyl halides is 3. The Bertz CT molecular complexity index is 471. The standard InChI is InChI=1S/C13H15F3N2O3/c14-13(15,16)8-17-7-11(19)18-10-3-1-9(2-4-10)12-20-5-6-21-12/h1-4,12,17H,5-8H2,(H,18,19). The van der Waals surface area contributed by atoms with E-state index in [2.05, 4.69) is 5.32 Å². The first-order valence-corrected chi connectivity index (χ1v) is 6.34. The molecule has 2 N–H and O–H groups in total. The third kappa shape index (κ3) is 5.33. The quantitative estimate of drug-likeness (QED) is 0.871. The van der Waals surface area contributed by atoms with Crippen LogP contribution in [0.15, 0.2) is 24.3 Å². The van der Waals surface area contributed by atoms with Gasteiger partial charge < -0.3 is 20.1 Å². The molecule has 1 aliphatic rings. The summed E-state index contributed by atoms with van der Waals surface area (Å²) in [5, 5.41) is 4.52. The zero-order chi connectivity index (χ0) is 15.3. The van der Waals surface area contributed by atoms with Gasteiger partial charge >= 0.3 is 6.18 Å². The lowest BCUT2D eigenvalue weighted by Gasteiger charge is -2.11. The molecule has 2 rings (SSSR count). The maximum atomic E-state index is 11.9. The summed E-state index contributed by atoms with van der Waals surface area (Å²) in [7, 11) is 0. The van der Waals surface area contributed by atoms with Gasteiger partial charge in [0.25, 0.3) is 0 Å². The molecule has 1 amide bonds. The van der Waals surface area contributed by atoms with Crippen LogP contribution in [-0.2, 0) is 14.3 Å². The summed E-state index contributed by atoms with van der Waals surface area (Å²) in [6, 6.07) is 6.74. The molecule has 21 heavy (non-hydrogen) atoms. The van der Waals surface area contributed by atoms with Crippen LogP contribution in [0.3, 0.4) is 0 Å². The van der Waals surface area contributed by atoms with Crippen LogP contribution in [0.1, 0.15) is 11.9 Å². The van der Waals surface area contributed by atoms with E-state index in [4.69, 9.17) is 9.47 Å². The number of carbonyl (C=O) groups is 1. The molecule has 5 nitrogen and oxygen atoms in total. The van der Waals surface area contributed by atoms with Gasteiger partial charge in [-0.2, -0.15) is 13.2 Å². The molecule has 0 unspecified atom stereocenters. The lowest BCUT2D eigenvalue weighted by molar-refractivity contribution is -0.126. The van der Waals surface area contributed by atoms with Crippen molar-refractivity contribution in [3.8, 4) is 0 Å². The predicted molar refractivity (Wildman–Crippen MR) is 68.6 cm³/mol. The number of carbonyl (C=O) groups excluding carboxylic acids is 1. The smallest absolute Gasteiger partial charge is 0.346 e. The second-order valence-corrected chi connectivity index (χ2v) is 4.46. The molecular formula is C13H15F3N2O3. The highest BCUT2D eigenvalue weighted by molar-refractivity contribution is 5.92. The van der Waals surface area contributed by atoms with Gasteiger partial charge in [0.1, 0.15) is 0 Å². The van der Waals surface area contributed by atoms with Crippen LogP contribution < -0.4 is 10.6 Å². The van der Waals surface area contributed by atoms with Crippen LogP contribution in [-0.4, -0.2) is 38.4 Å². The Balaban J connectivity index is 1.78. The van der Waals surface area contributed by atoms with Crippen molar-refractivity contribution in [1.29, 1.82) is 0 Å². The third-order valence-corrected chi connectivity index (χ3v) is 2.70. The van der Waals surface area contributed by atoms with E-state index in [9.17, 15) is 18.0 Å². The molecule has 0 aromatic heterocycles. The van der Waals surface area contributed by atoms with Gasteiger partial charge in [-0.1, -0.05) is 12.1 Å². The second-order valence-electron chi connectivity index (χ2n) is 4.46. The molecule has 0 spiro atoms. The fraction of sp³-hybridized carbons (Fsp3) is 0.462. The maximum absolute atomic E-state index is 11.9. The molecule has 1 aromatic rings. The highest BCUT2D eigenvalue weighted by Gasteiger charge is 2.26. The van der Waals surface area contributed by atoms with Crippen molar-refractivity contribution >= 4 is 11.6 Å². The summed E-state index contributed by atoms with van der Waals surface area (Å²) in [5.41, 5.74) is 1.32. The number of hydrogen-bond acceptors (Lipinski definition) is 4. The highest BCUT2D eigenvalue weighted by atomic mass is 19.4. The molecule has 0 radical (unpaired) electrons. The molecule has 1 heterocycles. The first-order chi connectivity index (χ1) is 9.94. The lowest BCUT2D eigenvalue weighted by Crippen LogP contribution is -2.35. The maximum Gasteiger partial charge on any atom is 0.401 e. The number of ether oxygens (including phenoxy) is 2. The van der Waals surface area contributed by atoms with E-state index in [0.29, 0.717) is 18.9 Å². The van der Waals surface area contributed by atoms with Gasteiger partial charge in [0, 0.05) is 11.3 Å². The van der Waals surface area contributed by atoms with Crippen molar-refractivity contribution in [2.24, 2.45) is 0 Å². The molecule has 0 saturated carbocycles. The molecule has 1 aliphatic heterocycles. The summed E-state index contributed by atoms with van der Waals surface area (Å²) >= 11 is 0. The Morgan fingerprint density at radius 3 is 2.38 bits per heavy atom. The lowest BCUT2D eigenvalue weighted by atomic mass is 10.2. The van der Waals surface area contributed by atoms with Crippen molar-refractivity contribution in [2.45, 2.75) is 12.5 Å². The van der Waals surface area contributed by atoms with Gasteiger partial charge in [-0.3, -0.25) is 4.79 Å². The van der Waals surface area contributed by atoms with Crippen LogP contribution in [0.25, 0.3) is 0 Å². The minimum absolute atomic E-state index is 0.400. The number of anilines is 1. The molecule has 116 valence electrons. The Kier molecular flexibility index (Phi) is 5.16. The van der Waals surface area contributed by atoms with Crippen molar-refractivity contribution in [2.75, 3.05) is 31.6 Å². The fourth-order valence-electron chi connectivity index (χ4n) is 1.80. The molecular weight excluding hydrogens is 289 g/mol. The van der Waals surface area contributed by atoms with Crippen LogP contribution >= 0.6 is 0 Å². The van der Waals surface area contributed by atoms with Crippen molar-refractivity contribution in [3.63, 3.8) is 0 Å². The van der Waals surface area contributed by atoms with E-state index in [0.717, 1.165) is 5.56 Å². The van der Waals surface area contributed by atoms with E-state index in [1.165, 1.54) is 0 Å². The monoisotopic (exact) mass is 304 g/mol. The molecule has 1 aromatic carbocycles. The summed E-state index contributed by atoms with van der Waals surface area (Å²) in [6.07, 6.45) is -4.73. The molecule has 0 atom stereocenters. The van der Waals surface area contributed by atoms with Crippen molar-refractivity contribution in [1.82, 2.24) is 5.32 Å². The number of nitrogens with one attached hydrogen (secondary N) is 2. The Labute approximate surface area is 119 Å². The van der Waals surface area contributed by atoms with E-state index in [1.54, 1.807) is 24.3 Å². The largest absolute Gasteiger partial charge is 0.401 e. The Hall–Kier alpha value is -1.64. The van der Waals surface area contributed by atoms with Gasteiger partial charge in [-0.25, -0.2) is 0 Å². The summed E-state index contributed by atoms with van der Waals surface area (Å²) in [5.74, 6) is -0.541. The topological polar surface area (TPSA) is 59.6 Å². The van der Waals surface area contributed by atoms with Gasteiger partial charge in [0.2, 0.25) is 5.91 Å². The Morgan fingerprint density at radius 2 is 1.81 bits per heavy atom. The minimum atomic E-state index is -4.33. The van der Waals surface area contributed by atoms with Crippen LogP contribution in [0.5, 0.6) is 0 Å². The average Bonchev–Trinajstić information content (AvgIpc) is 2.92. The Morgan fingerprint density at radius 1 is 1.19 bits per heavy atom. The molecule has 8 heteroatoms. The number of benzene rings is 1. The predicted octanol–water partition coefficient (Wildman–Crippen LogP) is 1.82. The van der Waals surface area contributed by atoms with E-state index >= 15 is 0 Å². The SMILES string of the molecule is O=C(CNCC(F)(F)F)Nc1ccc(C2OCCO2)cc1. The molecule has 1 saturated heterocycles. The van der Waals surface area contributed by atoms with Crippen molar-refractivity contribution in [3.05, 3.63) is 29.8 Å². The molecule has 1 fully saturated rings. The highest BCUT2D eigenvalue weighted by Crippen LogP contribution is 2.24. The van der Waals surface area contributed by atoms with Crippen LogP contribution in [0.4, 0.5) is 18.9 Å². The summed E-state index contributed by atoms with van der Waals surface area (Å²) in [6.45, 7) is -0.534. The zero-order valence-electron chi connectivity index (χ0n) is 11.1. The van der Waals surface area contributed by atoms with E-state index < -0.39 is 31.5 Å². The number of halogens is 3. The zero-order valence-corrected chi connectivity index (χ0v) is 11.1. The van der Waals surface area contributed by atoms with Crippen LogP contribution in [0.2, 0.25) is 0 Å². The first-order valence-electron chi connectivity index (χ1n) is 6.34. The normalized spacial score (nSPS) is 16.1. The average molecular weight is 304 g/mol. The minimum Gasteiger partial charge on any atom is -0.346 e. The van der Waals surface area contributed by atoms with Gasteiger partial charge in [-0.15, -0.1) is 0 Å². The first kappa shape index (κ1) is 15.7. The number of rotatable bonds is 5. The van der Waals surface area contributed by atoms with Crippen LogP contribution in [0, 0.1) is 0 Å². The van der Waals surface area contributed by atoms with Crippen molar-refractivity contribution < 1.29 is 27.4 Å². The second kappa shape index (κ2) is 6.88. The molecule has 0 aliphatic carbocycles. The fourth-order valence-corrected chi connectivity index (χ4v) is 1.80. The van der Waals surface area contributed by atoms with Gasteiger partial charge in [0.05, 0.1) is 26.3 Å². The number of amides is 1.